The van der Waals surface area contributed by atoms with E-state index >= 15 is 0 Å². The summed E-state index contributed by atoms with van der Waals surface area (Å²) in [5, 5.41) is 3.31. The molecule has 1 saturated heterocycles. The third-order valence-electron chi connectivity index (χ3n) is 3.84. The highest BCUT2D eigenvalue weighted by atomic mass is 16.5. The third kappa shape index (κ3) is 4.31. The largest absolute Gasteiger partial charge is 0.490 e. The summed E-state index contributed by atoms with van der Waals surface area (Å²) in [5.74, 6) is 1.96. The zero-order valence-electron chi connectivity index (χ0n) is 13.5. The number of benzene rings is 2. The van der Waals surface area contributed by atoms with Crippen LogP contribution in [-0.2, 0) is 4.74 Å². The molecule has 1 fully saturated rings. The van der Waals surface area contributed by atoms with E-state index in [1.807, 2.05) is 24.3 Å². The number of para-hydroxylation sites is 2. The summed E-state index contributed by atoms with van der Waals surface area (Å²) < 4.78 is 17.4. The van der Waals surface area contributed by atoms with Gasteiger partial charge >= 0.3 is 0 Å². The Morgan fingerprint density at radius 3 is 2.67 bits per heavy atom. The Morgan fingerprint density at radius 2 is 1.92 bits per heavy atom. The van der Waals surface area contributed by atoms with Gasteiger partial charge in [-0.05, 0) is 24.3 Å². The summed E-state index contributed by atoms with van der Waals surface area (Å²) in [7, 11) is 0. The first kappa shape index (κ1) is 16.4. The van der Waals surface area contributed by atoms with Gasteiger partial charge in [-0.2, -0.15) is 0 Å². The summed E-state index contributed by atoms with van der Waals surface area (Å²) >= 11 is 0. The van der Waals surface area contributed by atoms with E-state index < -0.39 is 0 Å². The van der Waals surface area contributed by atoms with Crippen molar-refractivity contribution < 1.29 is 14.2 Å². The minimum absolute atomic E-state index is 0.198. The van der Waals surface area contributed by atoms with Gasteiger partial charge in [0.1, 0.15) is 5.75 Å². The first-order valence-electron chi connectivity index (χ1n) is 8.09. The standard InChI is InChI=1S/C18H23N3O3/c19-15-6-5-13(11-16(15)20)24-18-4-2-1-3-17(18)23-9-7-14-12-21-8-10-22-14/h1-6,11,14,21H,7-10,12,19-20H2. The molecule has 0 bridgehead atoms. The van der Waals surface area contributed by atoms with E-state index in [-0.39, 0.29) is 6.10 Å². The van der Waals surface area contributed by atoms with Crippen LogP contribution < -0.4 is 26.3 Å². The zero-order chi connectivity index (χ0) is 16.8. The van der Waals surface area contributed by atoms with Crippen molar-refractivity contribution in [2.24, 2.45) is 0 Å². The maximum atomic E-state index is 5.88. The van der Waals surface area contributed by atoms with Crippen LogP contribution in [0.25, 0.3) is 0 Å². The number of ether oxygens (including phenoxy) is 3. The molecule has 0 aromatic heterocycles. The van der Waals surface area contributed by atoms with Gasteiger partial charge in [0.05, 0.1) is 30.7 Å². The zero-order valence-corrected chi connectivity index (χ0v) is 13.5. The monoisotopic (exact) mass is 329 g/mol. The molecule has 0 amide bonds. The van der Waals surface area contributed by atoms with Crippen LogP contribution in [0.15, 0.2) is 42.5 Å². The van der Waals surface area contributed by atoms with Gasteiger partial charge < -0.3 is 31.0 Å². The van der Waals surface area contributed by atoms with E-state index in [0.29, 0.717) is 35.2 Å². The van der Waals surface area contributed by atoms with Gasteiger partial charge in [0.2, 0.25) is 0 Å². The molecule has 1 heterocycles. The summed E-state index contributed by atoms with van der Waals surface area (Å²) in [5.41, 5.74) is 12.6. The van der Waals surface area contributed by atoms with Crippen molar-refractivity contribution in [2.75, 3.05) is 37.8 Å². The topological polar surface area (TPSA) is 91.8 Å². The smallest absolute Gasteiger partial charge is 0.169 e. The minimum atomic E-state index is 0.198. The number of morpholine rings is 1. The lowest BCUT2D eigenvalue weighted by Gasteiger charge is -2.23. The molecule has 0 saturated carbocycles. The third-order valence-corrected chi connectivity index (χ3v) is 3.84. The molecule has 5 N–H and O–H groups in total. The van der Waals surface area contributed by atoms with Crippen LogP contribution in [0.1, 0.15) is 6.42 Å². The van der Waals surface area contributed by atoms with E-state index in [4.69, 9.17) is 25.7 Å². The molecule has 2 aromatic rings. The number of anilines is 2. The van der Waals surface area contributed by atoms with Gasteiger partial charge in [-0.25, -0.2) is 0 Å². The predicted octanol–water partition coefficient (Wildman–Crippen LogP) is 2.40. The second-order valence-corrected chi connectivity index (χ2v) is 5.67. The van der Waals surface area contributed by atoms with Gasteiger partial charge in [0.15, 0.2) is 11.5 Å². The van der Waals surface area contributed by atoms with Crippen molar-refractivity contribution in [3.63, 3.8) is 0 Å². The van der Waals surface area contributed by atoms with Crippen LogP contribution in [0.3, 0.4) is 0 Å². The number of nitrogens with two attached hydrogens (primary N) is 2. The first-order chi connectivity index (χ1) is 11.7. The second-order valence-electron chi connectivity index (χ2n) is 5.67. The van der Waals surface area contributed by atoms with Crippen molar-refractivity contribution >= 4 is 11.4 Å². The van der Waals surface area contributed by atoms with Crippen molar-refractivity contribution in [3.05, 3.63) is 42.5 Å². The molecule has 0 spiro atoms. The summed E-state index contributed by atoms with van der Waals surface area (Å²) in [4.78, 5) is 0. The molecule has 0 aliphatic carbocycles. The Labute approximate surface area is 141 Å². The van der Waals surface area contributed by atoms with Crippen LogP contribution in [0.2, 0.25) is 0 Å². The molecular formula is C18H23N3O3. The van der Waals surface area contributed by atoms with Crippen molar-refractivity contribution in [1.82, 2.24) is 5.32 Å². The molecule has 1 aliphatic heterocycles. The summed E-state index contributed by atoms with van der Waals surface area (Å²) in [6.07, 6.45) is 1.03. The minimum Gasteiger partial charge on any atom is -0.490 e. The molecule has 6 nitrogen and oxygen atoms in total. The van der Waals surface area contributed by atoms with Gasteiger partial charge in [-0.1, -0.05) is 12.1 Å². The molecule has 6 heteroatoms. The molecule has 2 aromatic carbocycles. The maximum absolute atomic E-state index is 5.88. The van der Waals surface area contributed by atoms with Crippen LogP contribution in [0.4, 0.5) is 11.4 Å². The van der Waals surface area contributed by atoms with E-state index in [1.54, 1.807) is 18.2 Å². The lowest BCUT2D eigenvalue weighted by atomic mass is 10.2. The molecule has 1 atom stereocenters. The van der Waals surface area contributed by atoms with E-state index in [2.05, 4.69) is 5.32 Å². The Kier molecular flexibility index (Phi) is 5.40. The van der Waals surface area contributed by atoms with Gasteiger partial charge in [0.25, 0.3) is 0 Å². The van der Waals surface area contributed by atoms with Crippen molar-refractivity contribution in [1.29, 1.82) is 0 Å². The van der Waals surface area contributed by atoms with Gasteiger partial charge in [-0.15, -0.1) is 0 Å². The fraction of sp³-hybridized carbons (Fsp3) is 0.333. The fourth-order valence-corrected chi connectivity index (χ4v) is 2.50. The first-order valence-corrected chi connectivity index (χ1v) is 8.09. The molecule has 24 heavy (non-hydrogen) atoms. The van der Waals surface area contributed by atoms with Crippen molar-refractivity contribution in [3.8, 4) is 17.2 Å². The second kappa shape index (κ2) is 7.90. The number of hydrogen-bond donors (Lipinski definition) is 3. The summed E-state index contributed by atoms with van der Waals surface area (Å²) in [6, 6.07) is 12.8. The normalized spacial score (nSPS) is 17.4. The molecule has 1 unspecified atom stereocenters. The molecular weight excluding hydrogens is 306 g/mol. The Morgan fingerprint density at radius 1 is 1.08 bits per heavy atom. The Bertz CT molecular complexity index is 672. The van der Waals surface area contributed by atoms with Crippen molar-refractivity contribution in [2.45, 2.75) is 12.5 Å². The van der Waals surface area contributed by atoms with Crippen LogP contribution in [-0.4, -0.2) is 32.4 Å². The van der Waals surface area contributed by atoms with Gasteiger partial charge in [-0.3, -0.25) is 0 Å². The van der Waals surface area contributed by atoms with Gasteiger partial charge in [0, 0.05) is 25.6 Å². The maximum Gasteiger partial charge on any atom is 0.169 e. The number of nitrogen functional groups attached to an aromatic ring is 2. The SMILES string of the molecule is Nc1ccc(Oc2ccccc2OCCC2CNCCO2)cc1N. The molecule has 3 rings (SSSR count). The highest BCUT2D eigenvalue weighted by Gasteiger charge is 2.14. The van der Waals surface area contributed by atoms with Crippen LogP contribution >= 0.6 is 0 Å². The van der Waals surface area contributed by atoms with Crippen LogP contribution in [0.5, 0.6) is 17.2 Å². The number of rotatable bonds is 6. The van der Waals surface area contributed by atoms with E-state index in [0.717, 1.165) is 26.1 Å². The molecule has 128 valence electrons. The molecule has 0 radical (unpaired) electrons. The Balaban J connectivity index is 1.60. The van der Waals surface area contributed by atoms with Crippen LogP contribution in [0, 0.1) is 0 Å². The fourth-order valence-electron chi connectivity index (χ4n) is 2.50. The highest BCUT2D eigenvalue weighted by Crippen LogP contribution is 2.33. The average molecular weight is 329 g/mol. The highest BCUT2D eigenvalue weighted by molar-refractivity contribution is 5.65. The quantitative estimate of drug-likeness (QED) is 0.705. The predicted molar refractivity (Wildman–Crippen MR) is 94.5 cm³/mol. The number of hydrogen-bond acceptors (Lipinski definition) is 6. The lowest BCUT2D eigenvalue weighted by molar-refractivity contribution is 0.0157. The number of nitrogens with one attached hydrogen (secondary N) is 1. The van der Waals surface area contributed by atoms with E-state index in [9.17, 15) is 0 Å². The van der Waals surface area contributed by atoms with E-state index in [1.165, 1.54) is 0 Å². The summed E-state index contributed by atoms with van der Waals surface area (Å²) in [6.45, 7) is 3.10. The molecule has 1 aliphatic rings. The lowest BCUT2D eigenvalue weighted by Crippen LogP contribution is -2.39. The Hall–Kier alpha value is -2.44. The average Bonchev–Trinajstić information content (AvgIpc) is 2.61.